The Labute approximate surface area is 201 Å². The van der Waals surface area contributed by atoms with E-state index in [-0.39, 0.29) is 11.8 Å². The van der Waals surface area contributed by atoms with Gasteiger partial charge in [0.2, 0.25) is 0 Å². The van der Waals surface area contributed by atoms with E-state index in [1.54, 1.807) is 0 Å². The van der Waals surface area contributed by atoms with Crippen molar-refractivity contribution in [2.24, 2.45) is 0 Å². The Kier molecular flexibility index (Phi) is 7.12. The van der Waals surface area contributed by atoms with Crippen molar-refractivity contribution in [3.63, 3.8) is 0 Å². The number of imide groups is 1. The number of hydrogen-bond donors (Lipinski definition) is 1. The lowest BCUT2D eigenvalue weighted by molar-refractivity contribution is -0.136. The molecule has 5 heteroatoms. The van der Waals surface area contributed by atoms with Crippen LogP contribution in [0.4, 0.5) is 5.69 Å². The number of anilines is 1. The maximum atomic E-state index is 13.5. The number of hydrogen-bond acceptors (Lipinski definition) is 4. The third-order valence-corrected chi connectivity index (χ3v) is 5.94. The van der Waals surface area contributed by atoms with E-state index < -0.39 is 0 Å². The van der Waals surface area contributed by atoms with Gasteiger partial charge in [0.25, 0.3) is 11.8 Å². The molecule has 0 saturated carbocycles. The molecule has 0 unspecified atom stereocenters. The highest BCUT2D eigenvalue weighted by atomic mass is 16.5. The summed E-state index contributed by atoms with van der Waals surface area (Å²) in [4.78, 5) is 28.2. The second-order valence-corrected chi connectivity index (χ2v) is 8.61. The molecule has 3 aromatic carbocycles. The van der Waals surface area contributed by atoms with Gasteiger partial charge in [-0.15, -0.1) is 0 Å². The number of amides is 2. The highest BCUT2D eigenvalue weighted by Gasteiger charge is 2.39. The number of rotatable bonds is 9. The van der Waals surface area contributed by atoms with Crippen LogP contribution in [0.15, 0.2) is 84.6 Å². The summed E-state index contributed by atoms with van der Waals surface area (Å²) in [5, 5.41) is 3.24. The molecule has 0 saturated heterocycles. The molecule has 2 amide bonds. The maximum Gasteiger partial charge on any atom is 0.278 e. The van der Waals surface area contributed by atoms with Crippen molar-refractivity contribution in [2.45, 2.75) is 33.1 Å². The summed E-state index contributed by atoms with van der Waals surface area (Å²) < 4.78 is 5.54. The molecule has 1 N–H and O–H groups in total. The summed E-state index contributed by atoms with van der Waals surface area (Å²) in [7, 11) is 0. The Morgan fingerprint density at radius 3 is 2.15 bits per heavy atom. The third kappa shape index (κ3) is 5.04. The summed E-state index contributed by atoms with van der Waals surface area (Å²) in [6.45, 7) is 7.08. The maximum absolute atomic E-state index is 13.5. The Morgan fingerprint density at radius 1 is 0.853 bits per heavy atom. The molecule has 0 aliphatic carbocycles. The molecule has 4 rings (SSSR count). The van der Waals surface area contributed by atoms with Gasteiger partial charge in [-0.05, 0) is 60.2 Å². The van der Waals surface area contributed by atoms with Gasteiger partial charge in [0, 0.05) is 12.2 Å². The quantitative estimate of drug-likeness (QED) is 0.425. The van der Waals surface area contributed by atoms with Crippen LogP contribution in [0.3, 0.4) is 0 Å². The van der Waals surface area contributed by atoms with Gasteiger partial charge in [-0.3, -0.25) is 14.5 Å². The number of nitrogens with zero attached hydrogens (tertiary/aromatic N) is 1. The van der Waals surface area contributed by atoms with Crippen molar-refractivity contribution in [3.05, 3.63) is 101 Å². The Morgan fingerprint density at radius 2 is 1.53 bits per heavy atom. The van der Waals surface area contributed by atoms with Crippen molar-refractivity contribution in [1.29, 1.82) is 0 Å². The van der Waals surface area contributed by atoms with Crippen molar-refractivity contribution in [3.8, 4) is 5.75 Å². The first kappa shape index (κ1) is 23.3. The zero-order valence-electron chi connectivity index (χ0n) is 19.9. The molecule has 1 heterocycles. The fourth-order valence-corrected chi connectivity index (χ4v) is 4.03. The zero-order valence-corrected chi connectivity index (χ0v) is 19.9. The van der Waals surface area contributed by atoms with E-state index in [2.05, 4.69) is 19.2 Å². The van der Waals surface area contributed by atoms with Gasteiger partial charge in [0.05, 0.1) is 12.2 Å². The summed E-state index contributed by atoms with van der Waals surface area (Å²) in [6, 6.07) is 25.2. The molecule has 0 spiro atoms. The average Bonchev–Trinajstić information content (AvgIpc) is 3.08. The summed E-state index contributed by atoms with van der Waals surface area (Å²) in [5.41, 5.74) is 4.44. The van der Waals surface area contributed by atoms with Gasteiger partial charge in [0.15, 0.2) is 0 Å². The van der Waals surface area contributed by atoms with Gasteiger partial charge in [-0.1, -0.05) is 68.4 Å². The lowest BCUT2D eigenvalue weighted by Gasteiger charge is -2.15. The normalized spacial score (nSPS) is 13.7. The van der Waals surface area contributed by atoms with Gasteiger partial charge in [-0.25, -0.2) is 0 Å². The summed E-state index contributed by atoms with van der Waals surface area (Å²) in [5.74, 6) is 0.545. The van der Waals surface area contributed by atoms with Crippen molar-refractivity contribution in [1.82, 2.24) is 4.90 Å². The van der Waals surface area contributed by atoms with Crippen LogP contribution in [0.2, 0.25) is 0 Å². The smallest absolute Gasteiger partial charge is 0.278 e. The topological polar surface area (TPSA) is 58.6 Å². The molecular weight excluding hydrogens is 424 g/mol. The Hall–Kier alpha value is -3.86. The molecule has 3 aromatic rings. The number of carbonyl (C=O) groups excluding carboxylic acids is 2. The largest absolute Gasteiger partial charge is 0.494 e. The lowest BCUT2D eigenvalue weighted by Crippen LogP contribution is -2.34. The first-order valence-corrected chi connectivity index (χ1v) is 11.7. The first-order chi connectivity index (χ1) is 16.5. The van der Waals surface area contributed by atoms with Crippen LogP contribution in [-0.4, -0.2) is 29.9 Å². The molecule has 5 nitrogen and oxygen atoms in total. The van der Waals surface area contributed by atoms with E-state index in [1.807, 2.05) is 85.8 Å². The molecular formula is C29H30N2O3. The fraction of sp³-hybridized carbons (Fsp3) is 0.241. The Balaban J connectivity index is 1.65. The second-order valence-electron chi connectivity index (χ2n) is 8.61. The monoisotopic (exact) mass is 454 g/mol. The highest BCUT2D eigenvalue weighted by Crippen LogP contribution is 2.32. The van der Waals surface area contributed by atoms with Crippen molar-refractivity contribution >= 4 is 23.1 Å². The van der Waals surface area contributed by atoms with E-state index in [9.17, 15) is 9.59 Å². The molecule has 0 aromatic heterocycles. The minimum atomic E-state index is -0.308. The molecule has 1 aliphatic rings. The van der Waals surface area contributed by atoms with E-state index >= 15 is 0 Å². The molecule has 0 atom stereocenters. The molecule has 174 valence electrons. The standard InChI is InChI=1S/C29H30N2O3/c1-4-34-25-16-12-23(13-17-25)26-27(30-24-14-10-22(11-15-24)20(2)3)29(33)31(28(26)32)19-18-21-8-6-5-7-9-21/h5-17,20,30H,4,18-19H2,1-3H3. The van der Waals surface area contributed by atoms with Crippen LogP contribution in [0.5, 0.6) is 5.75 Å². The molecule has 0 fully saturated rings. The van der Waals surface area contributed by atoms with Crippen LogP contribution in [0.25, 0.3) is 5.57 Å². The zero-order chi connectivity index (χ0) is 24.1. The summed E-state index contributed by atoms with van der Waals surface area (Å²) >= 11 is 0. The number of nitrogens with one attached hydrogen (secondary N) is 1. The highest BCUT2D eigenvalue weighted by molar-refractivity contribution is 6.36. The number of carbonyl (C=O) groups is 2. The molecule has 34 heavy (non-hydrogen) atoms. The third-order valence-electron chi connectivity index (χ3n) is 5.94. The molecule has 0 bridgehead atoms. The van der Waals surface area contributed by atoms with Gasteiger partial charge in [-0.2, -0.15) is 0 Å². The average molecular weight is 455 g/mol. The Bertz CT molecular complexity index is 1180. The van der Waals surface area contributed by atoms with Crippen molar-refractivity contribution < 1.29 is 14.3 Å². The van der Waals surface area contributed by atoms with Crippen LogP contribution in [0, 0.1) is 0 Å². The number of benzene rings is 3. The van der Waals surface area contributed by atoms with Crippen LogP contribution >= 0.6 is 0 Å². The molecule has 0 radical (unpaired) electrons. The minimum absolute atomic E-state index is 0.286. The molecule has 1 aliphatic heterocycles. The summed E-state index contributed by atoms with van der Waals surface area (Å²) in [6.07, 6.45) is 0.602. The number of ether oxygens (including phenoxy) is 1. The van der Waals surface area contributed by atoms with E-state index in [0.29, 0.717) is 42.3 Å². The predicted octanol–water partition coefficient (Wildman–Crippen LogP) is 5.64. The van der Waals surface area contributed by atoms with Gasteiger partial charge in [0.1, 0.15) is 11.4 Å². The predicted molar refractivity (Wildman–Crippen MR) is 136 cm³/mol. The van der Waals surface area contributed by atoms with Gasteiger partial charge < -0.3 is 10.1 Å². The van der Waals surface area contributed by atoms with Crippen LogP contribution in [-0.2, 0) is 16.0 Å². The van der Waals surface area contributed by atoms with Crippen molar-refractivity contribution in [2.75, 3.05) is 18.5 Å². The van der Waals surface area contributed by atoms with E-state index in [1.165, 1.54) is 10.5 Å². The van der Waals surface area contributed by atoms with Crippen LogP contribution in [0.1, 0.15) is 43.4 Å². The van der Waals surface area contributed by atoms with E-state index in [0.717, 1.165) is 17.0 Å². The fourth-order valence-electron chi connectivity index (χ4n) is 4.03. The minimum Gasteiger partial charge on any atom is -0.494 e. The first-order valence-electron chi connectivity index (χ1n) is 11.7. The SMILES string of the molecule is CCOc1ccc(C2=C(Nc3ccc(C(C)C)cc3)C(=O)N(CCc3ccccc3)C2=O)cc1. The van der Waals surface area contributed by atoms with Gasteiger partial charge >= 0.3 is 0 Å². The second kappa shape index (κ2) is 10.4. The van der Waals surface area contributed by atoms with Crippen LogP contribution < -0.4 is 10.1 Å². The van der Waals surface area contributed by atoms with E-state index in [4.69, 9.17) is 4.74 Å². The lowest BCUT2D eigenvalue weighted by atomic mass is 10.0.